The van der Waals surface area contributed by atoms with E-state index in [4.69, 9.17) is 5.73 Å². The second kappa shape index (κ2) is 5.82. The van der Waals surface area contributed by atoms with E-state index >= 15 is 0 Å². The van der Waals surface area contributed by atoms with Crippen molar-refractivity contribution in [3.8, 4) is 0 Å². The van der Waals surface area contributed by atoms with Crippen molar-refractivity contribution in [2.75, 3.05) is 12.8 Å². The smallest absolute Gasteiger partial charge is 0.270 e. The standard InChI is InChI=1S/C16H21N3O/c1-4-19-11-14(17)9-15(19)16(20)18(3)10-13-7-5-12(2)6-8-13/h5-9,11H,4,10,17H2,1-3H3. The molecule has 2 aromatic rings. The molecule has 0 atom stereocenters. The van der Waals surface area contributed by atoms with Gasteiger partial charge in [0.1, 0.15) is 5.69 Å². The summed E-state index contributed by atoms with van der Waals surface area (Å²) < 4.78 is 1.88. The van der Waals surface area contributed by atoms with E-state index in [1.54, 1.807) is 17.2 Å². The molecule has 0 radical (unpaired) electrons. The Labute approximate surface area is 119 Å². The van der Waals surface area contributed by atoms with Gasteiger partial charge in [-0.1, -0.05) is 29.8 Å². The number of nitrogens with two attached hydrogens (primary N) is 1. The second-order valence-corrected chi connectivity index (χ2v) is 5.09. The molecule has 1 heterocycles. The lowest BCUT2D eigenvalue weighted by Gasteiger charge is -2.18. The fourth-order valence-corrected chi connectivity index (χ4v) is 2.21. The van der Waals surface area contributed by atoms with E-state index in [9.17, 15) is 4.79 Å². The molecule has 4 nitrogen and oxygen atoms in total. The number of hydrogen-bond acceptors (Lipinski definition) is 2. The lowest BCUT2D eigenvalue weighted by Crippen LogP contribution is -2.28. The van der Waals surface area contributed by atoms with Gasteiger partial charge in [-0.05, 0) is 25.5 Å². The minimum absolute atomic E-state index is 0.0101. The number of anilines is 1. The molecule has 2 rings (SSSR count). The van der Waals surface area contributed by atoms with Crippen molar-refractivity contribution in [2.45, 2.75) is 26.9 Å². The first-order chi connectivity index (χ1) is 9.51. The van der Waals surface area contributed by atoms with Crippen molar-refractivity contribution in [2.24, 2.45) is 0 Å². The molecule has 0 aliphatic carbocycles. The molecule has 0 saturated carbocycles. The molecule has 0 saturated heterocycles. The maximum atomic E-state index is 12.5. The third-order valence-electron chi connectivity index (χ3n) is 3.36. The number of carbonyl (C=O) groups excluding carboxylic acids is 1. The van der Waals surface area contributed by atoms with Crippen molar-refractivity contribution in [3.05, 3.63) is 53.3 Å². The number of rotatable bonds is 4. The van der Waals surface area contributed by atoms with Gasteiger partial charge in [-0.2, -0.15) is 0 Å². The summed E-state index contributed by atoms with van der Waals surface area (Å²) in [5, 5.41) is 0. The summed E-state index contributed by atoms with van der Waals surface area (Å²) in [7, 11) is 1.81. The molecule has 1 amide bonds. The monoisotopic (exact) mass is 271 g/mol. The van der Waals surface area contributed by atoms with Crippen LogP contribution in [0.4, 0.5) is 5.69 Å². The van der Waals surface area contributed by atoms with Crippen LogP contribution in [-0.2, 0) is 13.1 Å². The van der Waals surface area contributed by atoms with Crippen LogP contribution in [0.1, 0.15) is 28.5 Å². The number of benzene rings is 1. The van der Waals surface area contributed by atoms with Crippen LogP contribution in [0.3, 0.4) is 0 Å². The summed E-state index contributed by atoms with van der Waals surface area (Å²) in [6, 6.07) is 9.94. The Balaban J connectivity index is 2.14. The normalized spacial score (nSPS) is 10.6. The Morgan fingerprint density at radius 3 is 2.55 bits per heavy atom. The van der Waals surface area contributed by atoms with Gasteiger partial charge in [-0.25, -0.2) is 0 Å². The SMILES string of the molecule is CCn1cc(N)cc1C(=O)N(C)Cc1ccc(C)cc1. The fourth-order valence-electron chi connectivity index (χ4n) is 2.21. The van der Waals surface area contributed by atoms with E-state index in [1.807, 2.05) is 30.7 Å². The van der Waals surface area contributed by atoms with Crippen LogP contribution in [0.25, 0.3) is 0 Å². The zero-order chi connectivity index (χ0) is 14.7. The van der Waals surface area contributed by atoms with E-state index in [0.717, 1.165) is 12.1 Å². The first-order valence-electron chi connectivity index (χ1n) is 6.78. The first-order valence-corrected chi connectivity index (χ1v) is 6.78. The highest BCUT2D eigenvalue weighted by Crippen LogP contribution is 2.14. The maximum absolute atomic E-state index is 12.5. The molecule has 0 aliphatic heterocycles. The van der Waals surface area contributed by atoms with E-state index in [2.05, 4.69) is 19.1 Å². The van der Waals surface area contributed by atoms with Crippen molar-refractivity contribution in [1.29, 1.82) is 0 Å². The van der Waals surface area contributed by atoms with Crippen LogP contribution in [0, 0.1) is 6.92 Å². The number of carbonyl (C=O) groups is 1. The van der Waals surface area contributed by atoms with Crippen LogP contribution in [0.15, 0.2) is 36.5 Å². The van der Waals surface area contributed by atoms with E-state index < -0.39 is 0 Å². The van der Waals surface area contributed by atoms with Crippen molar-refractivity contribution in [3.63, 3.8) is 0 Å². The third kappa shape index (κ3) is 3.02. The molecule has 4 heteroatoms. The number of nitrogen functional groups attached to an aromatic ring is 1. The molecule has 0 unspecified atom stereocenters. The molecule has 0 aliphatic rings. The van der Waals surface area contributed by atoms with E-state index in [1.165, 1.54) is 5.56 Å². The minimum atomic E-state index is -0.0101. The number of aromatic nitrogens is 1. The Morgan fingerprint density at radius 1 is 1.30 bits per heavy atom. The highest BCUT2D eigenvalue weighted by Gasteiger charge is 2.16. The van der Waals surface area contributed by atoms with Gasteiger partial charge >= 0.3 is 0 Å². The lowest BCUT2D eigenvalue weighted by molar-refractivity contribution is 0.0774. The molecule has 2 N–H and O–H groups in total. The summed E-state index contributed by atoms with van der Waals surface area (Å²) in [5.41, 5.74) is 9.37. The largest absolute Gasteiger partial charge is 0.397 e. The highest BCUT2D eigenvalue weighted by molar-refractivity contribution is 5.93. The van der Waals surface area contributed by atoms with Crippen molar-refractivity contribution >= 4 is 11.6 Å². The molecule has 0 fully saturated rings. The topological polar surface area (TPSA) is 51.3 Å². The highest BCUT2D eigenvalue weighted by atomic mass is 16.2. The van der Waals surface area contributed by atoms with Crippen molar-refractivity contribution in [1.82, 2.24) is 9.47 Å². The van der Waals surface area contributed by atoms with Crippen LogP contribution in [0.2, 0.25) is 0 Å². The number of nitrogens with zero attached hydrogens (tertiary/aromatic N) is 2. The first kappa shape index (κ1) is 14.2. The number of hydrogen-bond donors (Lipinski definition) is 1. The molecule has 1 aromatic carbocycles. The van der Waals surface area contributed by atoms with Gasteiger partial charge in [0.15, 0.2) is 0 Å². The predicted octanol–water partition coefficient (Wildman–Crippen LogP) is 2.67. The summed E-state index contributed by atoms with van der Waals surface area (Å²) in [6.07, 6.45) is 1.80. The van der Waals surface area contributed by atoms with Gasteiger partial charge in [-0.15, -0.1) is 0 Å². The van der Waals surface area contributed by atoms with Gasteiger partial charge in [0.25, 0.3) is 5.91 Å². The van der Waals surface area contributed by atoms with Gasteiger partial charge in [0, 0.05) is 26.3 Å². The maximum Gasteiger partial charge on any atom is 0.270 e. The molecular weight excluding hydrogens is 250 g/mol. The fraction of sp³-hybridized carbons (Fsp3) is 0.312. The summed E-state index contributed by atoms with van der Waals surface area (Å²) >= 11 is 0. The Kier molecular flexibility index (Phi) is 4.13. The Hall–Kier alpha value is -2.23. The lowest BCUT2D eigenvalue weighted by atomic mass is 10.1. The van der Waals surface area contributed by atoms with Gasteiger partial charge < -0.3 is 15.2 Å². The zero-order valence-electron chi connectivity index (χ0n) is 12.3. The van der Waals surface area contributed by atoms with Gasteiger partial charge in [-0.3, -0.25) is 4.79 Å². The predicted molar refractivity (Wildman–Crippen MR) is 81.5 cm³/mol. The third-order valence-corrected chi connectivity index (χ3v) is 3.36. The number of amides is 1. The Bertz CT molecular complexity index is 599. The van der Waals surface area contributed by atoms with E-state index in [0.29, 0.717) is 17.9 Å². The Morgan fingerprint density at radius 2 is 1.95 bits per heavy atom. The van der Waals surface area contributed by atoms with E-state index in [-0.39, 0.29) is 5.91 Å². The molecule has 0 bridgehead atoms. The summed E-state index contributed by atoms with van der Waals surface area (Å²) in [6.45, 7) is 5.37. The van der Waals surface area contributed by atoms with Crippen LogP contribution in [-0.4, -0.2) is 22.4 Å². The summed E-state index contributed by atoms with van der Waals surface area (Å²) in [4.78, 5) is 14.2. The van der Waals surface area contributed by atoms with Gasteiger partial charge in [0.05, 0.1) is 5.69 Å². The van der Waals surface area contributed by atoms with Crippen LogP contribution >= 0.6 is 0 Å². The molecule has 106 valence electrons. The molecule has 0 spiro atoms. The second-order valence-electron chi connectivity index (χ2n) is 5.09. The molecule has 1 aromatic heterocycles. The molecular formula is C16H21N3O. The van der Waals surface area contributed by atoms with Crippen LogP contribution in [0.5, 0.6) is 0 Å². The van der Waals surface area contributed by atoms with Crippen molar-refractivity contribution < 1.29 is 4.79 Å². The van der Waals surface area contributed by atoms with Gasteiger partial charge in [0.2, 0.25) is 0 Å². The summed E-state index contributed by atoms with van der Waals surface area (Å²) in [5.74, 6) is -0.0101. The quantitative estimate of drug-likeness (QED) is 0.929. The van der Waals surface area contributed by atoms with Crippen LogP contribution < -0.4 is 5.73 Å². The average Bonchev–Trinajstić information content (AvgIpc) is 2.81. The number of aryl methyl sites for hydroxylation is 2. The molecule has 20 heavy (non-hydrogen) atoms. The average molecular weight is 271 g/mol. The zero-order valence-corrected chi connectivity index (χ0v) is 12.3. The minimum Gasteiger partial charge on any atom is -0.397 e.